The van der Waals surface area contributed by atoms with Gasteiger partial charge in [0.1, 0.15) is 5.82 Å². The first kappa shape index (κ1) is 12.2. The van der Waals surface area contributed by atoms with Crippen molar-refractivity contribution in [3.63, 3.8) is 0 Å². The van der Waals surface area contributed by atoms with E-state index in [4.69, 9.17) is 0 Å². The van der Waals surface area contributed by atoms with Crippen LogP contribution in [-0.4, -0.2) is 24.1 Å². The fourth-order valence-electron chi connectivity index (χ4n) is 1.31. The van der Waals surface area contributed by atoms with Crippen LogP contribution in [0, 0.1) is 6.92 Å². The van der Waals surface area contributed by atoms with Gasteiger partial charge in [-0.3, -0.25) is 0 Å². The molecule has 0 saturated heterocycles. The van der Waals surface area contributed by atoms with Crippen LogP contribution in [0.2, 0.25) is 0 Å². The SMILES string of the molecule is CCCS(=O)(=O)NC(C)c1ncc(C)[nH]1. The minimum absolute atomic E-state index is 0.150. The lowest BCUT2D eigenvalue weighted by Gasteiger charge is -2.11. The number of imidazole rings is 1. The van der Waals surface area contributed by atoms with Crippen LogP contribution in [0.1, 0.15) is 37.8 Å². The molecule has 15 heavy (non-hydrogen) atoms. The molecule has 1 heterocycles. The maximum absolute atomic E-state index is 11.5. The van der Waals surface area contributed by atoms with Crippen molar-refractivity contribution in [2.24, 2.45) is 0 Å². The molecule has 5 nitrogen and oxygen atoms in total. The predicted octanol–water partition coefficient (Wildman–Crippen LogP) is 1.11. The smallest absolute Gasteiger partial charge is 0.212 e. The average molecular weight is 231 g/mol. The summed E-state index contributed by atoms with van der Waals surface area (Å²) in [5.41, 5.74) is 0.923. The summed E-state index contributed by atoms with van der Waals surface area (Å²) in [5, 5.41) is 0. The van der Waals surface area contributed by atoms with E-state index in [1.165, 1.54) is 0 Å². The van der Waals surface area contributed by atoms with Gasteiger partial charge < -0.3 is 4.98 Å². The molecule has 1 aromatic rings. The lowest BCUT2D eigenvalue weighted by atomic mass is 10.3. The van der Waals surface area contributed by atoms with Gasteiger partial charge in [0.05, 0.1) is 11.8 Å². The lowest BCUT2D eigenvalue weighted by molar-refractivity contribution is 0.560. The van der Waals surface area contributed by atoms with Crippen LogP contribution in [0.4, 0.5) is 0 Å². The maximum atomic E-state index is 11.5. The molecule has 1 rings (SSSR count). The molecule has 6 heteroatoms. The first-order valence-corrected chi connectivity index (χ1v) is 6.61. The maximum Gasteiger partial charge on any atom is 0.212 e. The van der Waals surface area contributed by atoms with Gasteiger partial charge in [0.15, 0.2) is 0 Å². The van der Waals surface area contributed by atoms with Crippen molar-refractivity contribution < 1.29 is 8.42 Å². The summed E-state index contributed by atoms with van der Waals surface area (Å²) in [5.74, 6) is 0.795. The highest BCUT2D eigenvalue weighted by Gasteiger charge is 2.16. The number of sulfonamides is 1. The molecule has 0 aliphatic heterocycles. The summed E-state index contributed by atoms with van der Waals surface area (Å²) in [6.07, 6.45) is 2.29. The summed E-state index contributed by atoms with van der Waals surface area (Å²) in [6, 6.07) is -0.310. The predicted molar refractivity (Wildman–Crippen MR) is 59.0 cm³/mol. The molecule has 0 aliphatic carbocycles. The number of nitrogens with zero attached hydrogens (tertiary/aromatic N) is 1. The van der Waals surface area contributed by atoms with Crippen molar-refractivity contribution >= 4 is 10.0 Å². The van der Waals surface area contributed by atoms with Crippen LogP contribution < -0.4 is 4.72 Å². The van der Waals surface area contributed by atoms with E-state index in [0.717, 1.165) is 5.69 Å². The van der Waals surface area contributed by atoms with Crippen LogP contribution in [-0.2, 0) is 10.0 Å². The number of rotatable bonds is 5. The third kappa shape index (κ3) is 3.64. The number of nitrogens with one attached hydrogen (secondary N) is 2. The van der Waals surface area contributed by atoms with Crippen molar-refractivity contribution in [3.8, 4) is 0 Å². The molecule has 0 radical (unpaired) electrons. The van der Waals surface area contributed by atoms with Gasteiger partial charge in [-0.2, -0.15) is 0 Å². The Kier molecular flexibility index (Phi) is 3.87. The zero-order valence-electron chi connectivity index (χ0n) is 9.24. The second-order valence-corrected chi connectivity index (χ2v) is 5.48. The number of hydrogen-bond donors (Lipinski definition) is 2. The molecule has 86 valence electrons. The van der Waals surface area contributed by atoms with Gasteiger partial charge in [0.25, 0.3) is 0 Å². The van der Waals surface area contributed by atoms with Crippen molar-refractivity contribution in [2.45, 2.75) is 33.2 Å². The van der Waals surface area contributed by atoms with Gasteiger partial charge in [-0.1, -0.05) is 6.92 Å². The van der Waals surface area contributed by atoms with Crippen molar-refractivity contribution in [2.75, 3.05) is 5.75 Å². The van der Waals surface area contributed by atoms with E-state index in [2.05, 4.69) is 14.7 Å². The van der Waals surface area contributed by atoms with E-state index < -0.39 is 10.0 Å². The molecule has 2 N–H and O–H groups in total. The summed E-state index contributed by atoms with van der Waals surface area (Å²) in [6.45, 7) is 5.48. The molecule has 1 aromatic heterocycles. The summed E-state index contributed by atoms with van der Waals surface area (Å²) in [4.78, 5) is 7.08. The van der Waals surface area contributed by atoms with Gasteiger partial charge in [0, 0.05) is 11.9 Å². The highest BCUT2D eigenvalue weighted by Crippen LogP contribution is 2.09. The number of hydrogen-bond acceptors (Lipinski definition) is 3. The van der Waals surface area contributed by atoms with E-state index in [1.807, 2.05) is 13.8 Å². The Morgan fingerprint density at radius 2 is 2.27 bits per heavy atom. The average Bonchev–Trinajstić information content (AvgIpc) is 2.50. The molecular formula is C9H17N3O2S. The first-order valence-electron chi connectivity index (χ1n) is 4.96. The van der Waals surface area contributed by atoms with Crippen molar-refractivity contribution in [1.29, 1.82) is 0 Å². The van der Waals surface area contributed by atoms with E-state index in [9.17, 15) is 8.42 Å². The van der Waals surface area contributed by atoms with E-state index >= 15 is 0 Å². The van der Waals surface area contributed by atoms with Crippen LogP contribution in [0.5, 0.6) is 0 Å². The Bertz CT molecular complexity index is 411. The number of aromatic nitrogens is 2. The monoisotopic (exact) mass is 231 g/mol. The van der Waals surface area contributed by atoms with Crippen molar-refractivity contribution in [3.05, 3.63) is 17.7 Å². The molecule has 0 aromatic carbocycles. The lowest BCUT2D eigenvalue weighted by Crippen LogP contribution is -2.29. The summed E-state index contributed by atoms with van der Waals surface area (Å²) in [7, 11) is -3.18. The molecule has 1 atom stereocenters. The third-order valence-electron chi connectivity index (χ3n) is 1.96. The fraction of sp³-hybridized carbons (Fsp3) is 0.667. The zero-order chi connectivity index (χ0) is 11.5. The molecule has 0 aliphatic rings. The van der Waals surface area contributed by atoms with Gasteiger partial charge in [0.2, 0.25) is 10.0 Å². The van der Waals surface area contributed by atoms with Crippen LogP contribution in [0.3, 0.4) is 0 Å². The van der Waals surface area contributed by atoms with Crippen molar-refractivity contribution in [1.82, 2.24) is 14.7 Å². The molecule has 0 spiro atoms. The van der Waals surface area contributed by atoms with Gasteiger partial charge >= 0.3 is 0 Å². The minimum Gasteiger partial charge on any atom is -0.345 e. The quantitative estimate of drug-likeness (QED) is 0.797. The number of aryl methyl sites for hydroxylation is 1. The normalized spacial score (nSPS) is 14.1. The molecular weight excluding hydrogens is 214 g/mol. The van der Waals surface area contributed by atoms with Crippen LogP contribution >= 0.6 is 0 Å². The standard InChI is InChI=1S/C9H17N3O2S/c1-4-5-15(13,14)12-8(3)9-10-6-7(2)11-9/h6,8,12H,4-5H2,1-3H3,(H,10,11). The first-order chi connectivity index (χ1) is 6.94. The summed E-state index contributed by atoms with van der Waals surface area (Å²) >= 11 is 0. The Hall–Kier alpha value is -0.880. The minimum atomic E-state index is -3.18. The highest BCUT2D eigenvalue weighted by molar-refractivity contribution is 7.89. The molecule has 0 saturated carbocycles. The zero-order valence-corrected chi connectivity index (χ0v) is 10.1. The summed E-state index contributed by atoms with van der Waals surface area (Å²) < 4.78 is 25.5. The molecule has 0 bridgehead atoms. The topological polar surface area (TPSA) is 74.8 Å². The van der Waals surface area contributed by atoms with Crippen LogP contribution in [0.25, 0.3) is 0 Å². The molecule has 0 amide bonds. The Morgan fingerprint density at radius 1 is 1.60 bits per heavy atom. The van der Waals surface area contributed by atoms with E-state index in [-0.39, 0.29) is 11.8 Å². The number of aromatic amines is 1. The second kappa shape index (κ2) is 4.76. The van der Waals surface area contributed by atoms with Gasteiger partial charge in [-0.05, 0) is 20.3 Å². The van der Waals surface area contributed by atoms with E-state index in [0.29, 0.717) is 12.2 Å². The Labute approximate surface area is 90.4 Å². The second-order valence-electron chi connectivity index (χ2n) is 3.61. The Balaban J connectivity index is 2.67. The highest BCUT2D eigenvalue weighted by atomic mass is 32.2. The third-order valence-corrected chi connectivity index (χ3v) is 3.62. The number of H-pyrrole nitrogens is 1. The van der Waals surface area contributed by atoms with Gasteiger partial charge in [-0.25, -0.2) is 18.1 Å². The molecule has 1 unspecified atom stereocenters. The molecule has 0 fully saturated rings. The van der Waals surface area contributed by atoms with E-state index in [1.54, 1.807) is 13.1 Å². The Morgan fingerprint density at radius 3 is 2.73 bits per heavy atom. The largest absolute Gasteiger partial charge is 0.345 e. The van der Waals surface area contributed by atoms with Crippen LogP contribution in [0.15, 0.2) is 6.20 Å². The fourth-order valence-corrected chi connectivity index (χ4v) is 2.61. The van der Waals surface area contributed by atoms with Gasteiger partial charge in [-0.15, -0.1) is 0 Å².